The highest BCUT2D eigenvalue weighted by Gasteiger charge is 2.33. The Morgan fingerprint density at radius 1 is 0.968 bits per heavy atom. The molecule has 1 heterocycles. The van der Waals surface area contributed by atoms with Gasteiger partial charge in [-0.3, -0.25) is 9.69 Å². The molecule has 0 bridgehead atoms. The number of hydrogen-bond donors (Lipinski definition) is 0. The molecule has 1 aliphatic rings. The predicted octanol–water partition coefficient (Wildman–Crippen LogP) is 3.65. The van der Waals surface area contributed by atoms with Gasteiger partial charge in [0.1, 0.15) is 0 Å². The number of halogens is 3. The Balaban J connectivity index is 1.50. The van der Waals surface area contributed by atoms with Gasteiger partial charge in [-0.05, 0) is 35.7 Å². The monoisotopic (exact) mass is 436 g/mol. The van der Waals surface area contributed by atoms with E-state index < -0.39 is 11.7 Å². The van der Waals surface area contributed by atoms with Crippen molar-refractivity contribution in [2.24, 2.45) is 0 Å². The van der Waals surface area contributed by atoms with Crippen molar-refractivity contribution in [2.45, 2.75) is 19.0 Å². The molecule has 31 heavy (non-hydrogen) atoms. The van der Waals surface area contributed by atoms with Crippen molar-refractivity contribution in [3.8, 4) is 11.5 Å². The highest BCUT2D eigenvalue weighted by molar-refractivity contribution is 5.79. The summed E-state index contributed by atoms with van der Waals surface area (Å²) in [5.74, 6) is 1.21. The van der Waals surface area contributed by atoms with Gasteiger partial charge in [0.25, 0.3) is 0 Å². The third-order valence-electron chi connectivity index (χ3n) is 5.55. The molecule has 0 saturated carbocycles. The van der Waals surface area contributed by atoms with Crippen LogP contribution in [0, 0.1) is 0 Å². The van der Waals surface area contributed by atoms with Gasteiger partial charge in [0.2, 0.25) is 5.91 Å². The zero-order valence-corrected chi connectivity index (χ0v) is 17.7. The molecule has 1 saturated heterocycles. The molecule has 0 aliphatic carbocycles. The molecule has 0 radical (unpaired) electrons. The summed E-state index contributed by atoms with van der Waals surface area (Å²) < 4.78 is 50.0. The van der Waals surface area contributed by atoms with Crippen molar-refractivity contribution < 1.29 is 27.4 Å². The largest absolute Gasteiger partial charge is 0.493 e. The highest BCUT2D eigenvalue weighted by Crippen LogP contribution is 2.32. The van der Waals surface area contributed by atoms with Crippen LogP contribution in [0.4, 0.5) is 13.2 Å². The SMILES string of the molecule is COc1ccc(CC(=O)N2CCN(CCc3ccccc3C(F)(F)F)CC2)cc1OC. The smallest absolute Gasteiger partial charge is 0.416 e. The second kappa shape index (κ2) is 10.0. The third kappa shape index (κ3) is 5.91. The lowest BCUT2D eigenvalue weighted by Gasteiger charge is -2.35. The minimum atomic E-state index is -4.34. The van der Waals surface area contributed by atoms with Gasteiger partial charge in [-0.1, -0.05) is 24.3 Å². The molecule has 1 aliphatic heterocycles. The van der Waals surface area contributed by atoms with E-state index in [1.807, 2.05) is 6.07 Å². The van der Waals surface area contributed by atoms with E-state index in [2.05, 4.69) is 4.90 Å². The van der Waals surface area contributed by atoms with Gasteiger partial charge in [0.15, 0.2) is 11.5 Å². The molecular formula is C23H27F3N2O3. The normalized spacial score (nSPS) is 15.1. The van der Waals surface area contributed by atoms with Crippen LogP contribution in [-0.2, 0) is 23.8 Å². The molecule has 1 amide bonds. The summed E-state index contributed by atoms with van der Waals surface area (Å²) in [6.07, 6.45) is -3.75. The zero-order chi connectivity index (χ0) is 22.4. The first-order valence-electron chi connectivity index (χ1n) is 10.2. The van der Waals surface area contributed by atoms with Crippen LogP contribution in [-0.4, -0.2) is 62.7 Å². The molecule has 2 aromatic rings. The van der Waals surface area contributed by atoms with Crippen molar-refractivity contribution in [1.82, 2.24) is 9.80 Å². The second-order valence-corrected chi connectivity index (χ2v) is 7.49. The molecule has 0 unspecified atom stereocenters. The van der Waals surface area contributed by atoms with E-state index in [1.54, 1.807) is 37.3 Å². The Labute approximate surface area is 180 Å². The number of amides is 1. The van der Waals surface area contributed by atoms with E-state index in [0.717, 1.165) is 11.6 Å². The lowest BCUT2D eigenvalue weighted by atomic mass is 10.0. The minimum absolute atomic E-state index is 0.0225. The minimum Gasteiger partial charge on any atom is -0.493 e. The van der Waals surface area contributed by atoms with Gasteiger partial charge in [-0.25, -0.2) is 0 Å². The van der Waals surface area contributed by atoms with Gasteiger partial charge in [0.05, 0.1) is 26.2 Å². The first-order chi connectivity index (χ1) is 14.8. The lowest BCUT2D eigenvalue weighted by molar-refractivity contribution is -0.138. The third-order valence-corrected chi connectivity index (χ3v) is 5.55. The number of benzene rings is 2. The average molecular weight is 436 g/mol. The molecule has 2 aromatic carbocycles. The topological polar surface area (TPSA) is 42.0 Å². The summed E-state index contributed by atoms with van der Waals surface area (Å²) in [5.41, 5.74) is 0.578. The molecular weight excluding hydrogens is 409 g/mol. The Kier molecular flexibility index (Phi) is 7.43. The van der Waals surface area contributed by atoms with E-state index in [1.165, 1.54) is 12.1 Å². The summed E-state index contributed by atoms with van der Waals surface area (Å²) in [5, 5.41) is 0. The maximum atomic E-state index is 13.2. The predicted molar refractivity (Wildman–Crippen MR) is 111 cm³/mol. The Morgan fingerprint density at radius 2 is 1.65 bits per heavy atom. The van der Waals surface area contributed by atoms with Gasteiger partial charge < -0.3 is 14.4 Å². The number of carbonyl (C=O) groups is 1. The molecule has 0 N–H and O–H groups in total. The van der Waals surface area contributed by atoms with Crippen LogP contribution < -0.4 is 9.47 Å². The Bertz CT molecular complexity index is 894. The average Bonchev–Trinajstić information content (AvgIpc) is 2.77. The summed E-state index contributed by atoms with van der Waals surface area (Å²) in [7, 11) is 3.11. The number of piperazine rings is 1. The number of methoxy groups -OCH3 is 2. The van der Waals surface area contributed by atoms with Gasteiger partial charge >= 0.3 is 6.18 Å². The van der Waals surface area contributed by atoms with Crippen molar-refractivity contribution in [3.63, 3.8) is 0 Å². The van der Waals surface area contributed by atoms with Gasteiger partial charge in [-0.15, -0.1) is 0 Å². The maximum absolute atomic E-state index is 13.2. The highest BCUT2D eigenvalue weighted by atomic mass is 19.4. The summed E-state index contributed by atoms with van der Waals surface area (Å²) in [4.78, 5) is 16.6. The number of carbonyl (C=O) groups excluding carboxylic acids is 1. The van der Waals surface area contributed by atoms with Crippen LogP contribution in [0.15, 0.2) is 42.5 Å². The van der Waals surface area contributed by atoms with Crippen LogP contribution >= 0.6 is 0 Å². The van der Waals surface area contributed by atoms with E-state index in [9.17, 15) is 18.0 Å². The fraction of sp³-hybridized carbons (Fsp3) is 0.435. The molecule has 3 rings (SSSR count). The standard InChI is InChI=1S/C23H27F3N2O3/c1-30-20-8-7-17(15-21(20)31-2)16-22(29)28-13-11-27(12-14-28)10-9-18-5-3-4-6-19(18)23(24,25)26/h3-8,15H,9-14,16H2,1-2H3. The molecule has 0 spiro atoms. The van der Waals surface area contributed by atoms with Crippen LogP contribution in [0.25, 0.3) is 0 Å². The molecule has 168 valence electrons. The number of rotatable bonds is 7. The first-order valence-corrected chi connectivity index (χ1v) is 10.2. The second-order valence-electron chi connectivity index (χ2n) is 7.49. The maximum Gasteiger partial charge on any atom is 0.416 e. The number of hydrogen-bond acceptors (Lipinski definition) is 4. The number of nitrogens with zero attached hydrogens (tertiary/aromatic N) is 2. The van der Waals surface area contributed by atoms with Crippen molar-refractivity contribution in [1.29, 1.82) is 0 Å². The lowest BCUT2D eigenvalue weighted by Crippen LogP contribution is -2.49. The quantitative estimate of drug-likeness (QED) is 0.665. The van der Waals surface area contributed by atoms with Crippen LogP contribution in [0.2, 0.25) is 0 Å². The molecule has 1 fully saturated rings. The summed E-state index contributed by atoms with van der Waals surface area (Å²) in [6.45, 7) is 2.95. The fourth-order valence-corrected chi connectivity index (χ4v) is 3.79. The van der Waals surface area contributed by atoms with Crippen molar-refractivity contribution in [2.75, 3.05) is 46.9 Å². The van der Waals surface area contributed by atoms with E-state index in [4.69, 9.17) is 9.47 Å². The zero-order valence-electron chi connectivity index (χ0n) is 17.7. The van der Waals surface area contributed by atoms with Crippen LogP contribution in [0.3, 0.4) is 0 Å². The number of ether oxygens (including phenoxy) is 2. The summed E-state index contributed by atoms with van der Waals surface area (Å²) in [6, 6.07) is 11.1. The van der Waals surface area contributed by atoms with E-state index >= 15 is 0 Å². The van der Waals surface area contributed by atoms with E-state index in [0.29, 0.717) is 56.2 Å². The molecule has 8 heteroatoms. The van der Waals surface area contributed by atoms with Crippen LogP contribution in [0.1, 0.15) is 16.7 Å². The Morgan fingerprint density at radius 3 is 2.29 bits per heavy atom. The van der Waals surface area contributed by atoms with Crippen LogP contribution in [0.5, 0.6) is 11.5 Å². The van der Waals surface area contributed by atoms with Crippen molar-refractivity contribution >= 4 is 5.91 Å². The molecule has 0 atom stereocenters. The summed E-state index contributed by atoms with van der Waals surface area (Å²) >= 11 is 0. The Hall–Kier alpha value is -2.74. The fourth-order valence-electron chi connectivity index (χ4n) is 3.79. The molecule has 5 nitrogen and oxygen atoms in total. The van der Waals surface area contributed by atoms with Gasteiger partial charge in [0, 0.05) is 32.7 Å². The van der Waals surface area contributed by atoms with Crippen molar-refractivity contribution in [3.05, 3.63) is 59.2 Å². The number of alkyl halides is 3. The molecule has 0 aromatic heterocycles. The van der Waals surface area contributed by atoms with E-state index in [-0.39, 0.29) is 12.3 Å². The first kappa shape index (κ1) is 22.9. The van der Waals surface area contributed by atoms with Gasteiger partial charge in [-0.2, -0.15) is 13.2 Å².